The van der Waals surface area contributed by atoms with Gasteiger partial charge in [-0.15, -0.1) is 0 Å². The fourth-order valence-electron chi connectivity index (χ4n) is 3.04. The molecule has 0 saturated carbocycles. The minimum Gasteiger partial charge on any atom is -0.475 e. The molecule has 1 N–H and O–H groups in total. The van der Waals surface area contributed by atoms with Crippen LogP contribution in [0, 0.1) is 0 Å². The first-order valence-electron chi connectivity index (χ1n) is 8.50. The number of hydrogen-bond acceptors (Lipinski definition) is 5. The lowest BCUT2D eigenvalue weighted by Crippen LogP contribution is -2.41. The van der Waals surface area contributed by atoms with E-state index in [2.05, 4.69) is 4.98 Å². The first-order chi connectivity index (χ1) is 13.0. The predicted octanol–water partition coefficient (Wildman–Crippen LogP) is 2.01. The standard InChI is InChI=1S/C15H21N3O3.C2HF3O2/c1-17(2)14(19)18-8-6-15(11-18)9-12(10-20-15)21-13-5-3-4-7-16-13;3-2(4,5)1(6)7/h3-5,7,12H,6,8-11H2,1-2H3;(H,6,7)/t12-,15-;/m0./s1. The van der Waals surface area contributed by atoms with Gasteiger partial charge in [-0.05, 0) is 12.5 Å². The van der Waals surface area contributed by atoms with E-state index >= 15 is 0 Å². The number of alkyl halides is 3. The van der Waals surface area contributed by atoms with Crippen LogP contribution in [0.1, 0.15) is 12.8 Å². The van der Waals surface area contributed by atoms with Crippen molar-refractivity contribution in [1.29, 1.82) is 0 Å². The summed E-state index contributed by atoms with van der Waals surface area (Å²) < 4.78 is 43.6. The fourth-order valence-corrected chi connectivity index (χ4v) is 3.04. The van der Waals surface area contributed by atoms with Gasteiger partial charge in [-0.1, -0.05) is 6.07 Å². The number of nitrogens with zero attached hydrogens (tertiary/aromatic N) is 3. The Labute approximate surface area is 159 Å². The van der Waals surface area contributed by atoms with Crippen LogP contribution in [0.15, 0.2) is 24.4 Å². The molecule has 0 bridgehead atoms. The minimum absolute atomic E-state index is 0.00862. The number of carbonyl (C=O) groups is 2. The molecule has 1 aromatic heterocycles. The van der Waals surface area contributed by atoms with Crippen molar-refractivity contribution in [2.75, 3.05) is 33.8 Å². The van der Waals surface area contributed by atoms with E-state index in [0.717, 1.165) is 19.4 Å². The van der Waals surface area contributed by atoms with Gasteiger partial charge in [-0.25, -0.2) is 14.6 Å². The third-order valence-corrected chi connectivity index (χ3v) is 4.31. The number of amides is 2. The van der Waals surface area contributed by atoms with Crippen molar-refractivity contribution in [3.05, 3.63) is 24.4 Å². The summed E-state index contributed by atoms with van der Waals surface area (Å²) >= 11 is 0. The van der Waals surface area contributed by atoms with Crippen molar-refractivity contribution in [3.63, 3.8) is 0 Å². The van der Waals surface area contributed by atoms with Gasteiger partial charge in [0.25, 0.3) is 0 Å². The number of carboxylic acids is 1. The van der Waals surface area contributed by atoms with Crippen LogP contribution >= 0.6 is 0 Å². The second-order valence-electron chi connectivity index (χ2n) is 6.76. The van der Waals surface area contributed by atoms with Crippen LogP contribution in [0.3, 0.4) is 0 Å². The number of carboxylic acid groups (broad SMARTS) is 1. The number of urea groups is 1. The summed E-state index contributed by atoms with van der Waals surface area (Å²) in [6.45, 7) is 1.94. The monoisotopic (exact) mass is 405 g/mol. The third kappa shape index (κ3) is 5.72. The van der Waals surface area contributed by atoms with Gasteiger partial charge >= 0.3 is 18.2 Å². The molecule has 2 aliphatic rings. The molecular weight excluding hydrogens is 383 g/mol. The van der Waals surface area contributed by atoms with Crippen molar-refractivity contribution < 1.29 is 37.3 Å². The van der Waals surface area contributed by atoms with E-state index in [4.69, 9.17) is 19.4 Å². The Hall–Kier alpha value is -2.56. The van der Waals surface area contributed by atoms with Gasteiger partial charge in [0, 0.05) is 39.3 Å². The SMILES string of the molecule is CN(C)C(=O)N1CC[C@]2(C[C@H](Oc3ccccn3)CO2)C1.O=C(O)C(F)(F)F. The largest absolute Gasteiger partial charge is 0.490 e. The molecule has 3 rings (SSSR count). The maximum atomic E-state index is 12.0. The number of halogens is 3. The number of rotatable bonds is 2. The summed E-state index contributed by atoms with van der Waals surface area (Å²) in [4.78, 5) is 28.5. The van der Waals surface area contributed by atoms with Gasteiger partial charge in [0.15, 0.2) is 0 Å². The van der Waals surface area contributed by atoms with Gasteiger partial charge < -0.3 is 24.4 Å². The lowest BCUT2D eigenvalue weighted by atomic mass is 9.98. The van der Waals surface area contributed by atoms with Gasteiger partial charge in [-0.3, -0.25) is 0 Å². The number of likely N-dealkylation sites (tertiary alicyclic amines) is 1. The zero-order chi connectivity index (χ0) is 20.9. The number of pyridine rings is 1. The van der Waals surface area contributed by atoms with Crippen LogP contribution in [0.5, 0.6) is 5.88 Å². The quantitative estimate of drug-likeness (QED) is 0.809. The van der Waals surface area contributed by atoms with E-state index in [-0.39, 0.29) is 17.7 Å². The third-order valence-electron chi connectivity index (χ3n) is 4.31. The van der Waals surface area contributed by atoms with Crippen molar-refractivity contribution in [2.45, 2.75) is 30.7 Å². The van der Waals surface area contributed by atoms with E-state index < -0.39 is 12.1 Å². The van der Waals surface area contributed by atoms with Gasteiger partial charge in [-0.2, -0.15) is 13.2 Å². The van der Waals surface area contributed by atoms with Gasteiger partial charge in [0.05, 0.1) is 18.8 Å². The van der Waals surface area contributed by atoms with Crippen molar-refractivity contribution in [2.24, 2.45) is 0 Å². The van der Waals surface area contributed by atoms with Crippen LogP contribution in [0.2, 0.25) is 0 Å². The minimum atomic E-state index is -5.08. The molecule has 0 aliphatic carbocycles. The lowest BCUT2D eigenvalue weighted by molar-refractivity contribution is -0.192. The Bertz CT molecular complexity index is 686. The van der Waals surface area contributed by atoms with Gasteiger partial charge in [0.2, 0.25) is 5.88 Å². The van der Waals surface area contributed by atoms with Crippen LogP contribution in [0.25, 0.3) is 0 Å². The maximum absolute atomic E-state index is 12.0. The molecule has 2 saturated heterocycles. The highest BCUT2D eigenvalue weighted by atomic mass is 19.4. The first kappa shape index (κ1) is 21.7. The Morgan fingerprint density at radius 2 is 2.07 bits per heavy atom. The van der Waals surface area contributed by atoms with E-state index in [9.17, 15) is 18.0 Å². The smallest absolute Gasteiger partial charge is 0.475 e. The molecule has 2 atom stereocenters. The van der Waals surface area contributed by atoms with E-state index in [0.29, 0.717) is 19.0 Å². The Kier molecular flexibility index (Phi) is 6.70. The lowest BCUT2D eigenvalue weighted by Gasteiger charge is -2.25. The summed E-state index contributed by atoms with van der Waals surface area (Å²) in [5.74, 6) is -2.13. The summed E-state index contributed by atoms with van der Waals surface area (Å²) in [6.07, 6.45) is -1.68. The Morgan fingerprint density at radius 3 is 2.61 bits per heavy atom. The Balaban J connectivity index is 0.000000345. The van der Waals surface area contributed by atoms with Crippen molar-refractivity contribution in [1.82, 2.24) is 14.8 Å². The predicted molar refractivity (Wildman–Crippen MR) is 90.9 cm³/mol. The fraction of sp³-hybridized carbons (Fsp3) is 0.588. The van der Waals surface area contributed by atoms with Crippen LogP contribution in [0.4, 0.5) is 18.0 Å². The van der Waals surface area contributed by atoms with Crippen LogP contribution in [-0.4, -0.2) is 83.6 Å². The second kappa shape index (κ2) is 8.63. The number of ether oxygens (including phenoxy) is 2. The first-order valence-corrected chi connectivity index (χ1v) is 8.50. The molecule has 0 unspecified atom stereocenters. The summed E-state index contributed by atoms with van der Waals surface area (Å²) in [7, 11) is 3.55. The van der Waals surface area contributed by atoms with Crippen LogP contribution in [-0.2, 0) is 9.53 Å². The molecule has 1 aromatic rings. The molecule has 2 aliphatic heterocycles. The summed E-state index contributed by atoms with van der Waals surface area (Å²) in [5, 5.41) is 7.12. The highest BCUT2D eigenvalue weighted by Gasteiger charge is 2.47. The molecule has 2 amide bonds. The maximum Gasteiger partial charge on any atom is 0.490 e. The molecule has 0 radical (unpaired) electrons. The average Bonchev–Trinajstić information content (AvgIpc) is 3.21. The van der Waals surface area contributed by atoms with E-state index in [1.54, 1.807) is 25.2 Å². The van der Waals surface area contributed by atoms with E-state index in [1.165, 1.54) is 0 Å². The highest BCUT2D eigenvalue weighted by molar-refractivity contribution is 5.74. The number of aromatic nitrogens is 1. The second-order valence-corrected chi connectivity index (χ2v) is 6.76. The average molecular weight is 405 g/mol. The Morgan fingerprint density at radius 1 is 1.39 bits per heavy atom. The zero-order valence-electron chi connectivity index (χ0n) is 15.5. The molecule has 0 aromatic carbocycles. The molecule has 156 valence electrons. The van der Waals surface area contributed by atoms with Crippen molar-refractivity contribution in [3.8, 4) is 5.88 Å². The topological polar surface area (TPSA) is 92.2 Å². The number of hydrogen-bond donors (Lipinski definition) is 1. The number of aliphatic carboxylic acids is 1. The molecule has 3 heterocycles. The van der Waals surface area contributed by atoms with Crippen LogP contribution < -0.4 is 4.74 Å². The summed E-state index contributed by atoms with van der Waals surface area (Å²) in [5.41, 5.74) is -0.245. The number of carbonyl (C=O) groups excluding carboxylic acids is 1. The molecule has 28 heavy (non-hydrogen) atoms. The molecule has 8 nitrogen and oxygen atoms in total. The molecule has 2 fully saturated rings. The molecular formula is C17H22F3N3O5. The van der Waals surface area contributed by atoms with Crippen molar-refractivity contribution >= 4 is 12.0 Å². The zero-order valence-corrected chi connectivity index (χ0v) is 15.5. The van der Waals surface area contributed by atoms with E-state index in [1.807, 2.05) is 23.1 Å². The van der Waals surface area contributed by atoms with Gasteiger partial charge in [0.1, 0.15) is 6.10 Å². The summed E-state index contributed by atoms with van der Waals surface area (Å²) in [6, 6.07) is 5.66. The highest BCUT2D eigenvalue weighted by Crippen LogP contribution is 2.36. The molecule has 11 heteroatoms. The normalized spacial score (nSPS) is 23.9. The molecule has 1 spiro atoms.